The fourth-order valence-corrected chi connectivity index (χ4v) is 2.41. The zero-order chi connectivity index (χ0) is 14.4. The first kappa shape index (κ1) is 16.5. The van der Waals surface area contributed by atoms with E-state index in [0.717, 1.165) is 29.8 Å². The molecule has 2 N–H and O–H groups in total. The fraction of sp³-hybridized carbons (Fsp3) is 0.625. The Labute approximate surface area is 126 Å². The molecule has 108 valence electrons. The maximum absolute atomic E-state index is 6.10. The van der Waals surface area contributed by atoms with Crippen molar-refractivity contribution in [1.29, 1.82) is 0 Å². The summed E-state index contributed by atoms with van der Waals surface area (Å²) >= 11 is 3.57. The molecule has 0 bridgehead atoms. The van der Waals surface area contributed by atoms with Crippen LogP contribution in [0, 0.1) is 5.92 Å². The zero-order valence-electron chi connectivity index (χ0n) is 12.6. The van der Waals surface area contributed by atoms with Gasteiger partial charge in [-0.05, 0) is 42.9 Å². The zero-order valence-corrected chi connectivity index (χ0v) is 14.2. The minimum Gasteiger partial charge on any atom is -0.374 e. The maximum atomic E-state index is 6.10. The molecule has 0 aliphatic heterocycles. The van der Waals surface area contributed by atoms with Gasteiger partial charge in [0.15, 0.2) is 0 Å². The molecule has 0 heterocycles. The molecule has 0 amide bonds. The van der Waals surface area contributed by atoms with Crippen LogP contribution in [0.5, 0.6) is 0 Å². The number of nitrogens with two attached hydrogens (primary N) is 1. The van der Waals surface area contributed by atoms with Crippen molar-refractivity contribution in [2.45, 2.75) is 46.1 Å². The fourth-order valence-electron chi connectivity index (χ4n) is 2.06. The molecule has 0 aliphatic carbocycles. The summed E-state index contributed by atoms with van der Waals surface area (Å²) in [5, 5.41) is 0. The van der Waals surface area contributed by atoms with E-state index in [9.17, 15) is 0 Å². The average Bonchev–Trinajstić information content (AvgIpc) is 2.37. The molecule has 1 aromatic carbocycles. The van der Waals surface area contributed by atoms with Gasteiger partial charge in [-0.1, -0.05) is 42.8 Å². The third kappa shape index (κ3) is 5.53. The normalized spacial score (nSPS) is 12.8. The van der Waals surface area contributed by atoms with Crippen LogP contribution in [0.25, 0.3) is 0 Å². The quantitative estimate of drug-likeness (QED) is 0.813. The van der Waals surface area contributed by atoms with Gasteiger partial charge >= 0.3 is 0 Å². The number of halogens is 1. The van der Waals surface area contributed by atoms with Crippen molar-refractivity contribution in [2.24, 2.45) is 11.7 Å². The summed E-state index contributed by atoms with van der Waals surface area (Å²) in [7, 11) is 2.17. The molecule has 0 aromatic heterocycles. The Morgan fingerprint density at radius 1 is 1.32 bits per heavy atom. The lowest BCUT2D eigenvalue weighted by atomic mass is 10.0. The summed E-state index contributed by atoms with van der Waals surface area (Å²) < 4.78 is 1.13. The van der Waals surface area contributed by atoms with Crippen LogP contribution in [-0.4, -0.2) is 19.6 Å². The first-order chi connectivity index (χ1) is 8.93. The Morgan fingerprint density at radius 3 is 2.58 bits per heavy atom. The Morgan fingerprint density at radius 2 is 2.00 bits per heavy atom. The van der Waals surface area contributed by atoms with E-state index in [0.29, 0.717) is 0 Å². The number of rotatable bonds is 7. The second-order valence-electron chi connectivity index (χ2n) is 5.75. The van der Waals surface area contributed by atoms with Crippen LogP contribution in [0.4, 0.5) is 5.69 Å². The molecule has 0 spiro atoms. The van der Waals surface area contributed by atoms with Gasteiger partial charge in [0, 0.05) is 29.8 Å². The van der Waals surface area contributed by atoms with Crippen LogP contribution in [0.2, 0.25) is 0 Å². The van der Waals surface area contributed by atoms with Gasteiger partial charge < -0.3 is 10.6 Å². The Bertz CT molecular complexity index is 390. The predicted molar refractivity (Wildman–Crippen MR) is 88.8 cm³/mol. The van der Waals surface area contributed by atoms with E-state index in [1.807, 2.05) is 0 Å². The van der Waals surface area contributed by atoms with Gasteiger partial charge in [0.1, 0.15) is 0 Å². The van der Waals surface area contributed by atoms with Gasteiger partial charge in [-0.25, -0.2) is 0 Å². The topological polar surface area (TPSA) is 29.3 Å². The standard InChI is InChI=1S/C16H27BrN2/c1-5-15(18)10-13-6-7-14(17)11-16(13)19(4)9-8-12(2)3/h6-7,11-12,15H,5,8-10,18H2,1-4H3. The highest BCUT2D eigenvalue weighted by Crippen LogP contribution is 2.26. The highest BCUT2D eigenvalue weighted by molar-refractivity contribution is 9.10. The van der Waals surface area contributed by atoms with Crippen molar-refractivity contribution >= 4 is 21.6 Å². The lowest BCUT2D eigenvalue weighted by molar-refractivity contribution is 0.583. The molecule has 1 unspecified atom stereocenters. The lowest BCUT2D eigenvalue weighted by Gasteiger charge is -2.24. The van der Waals surface area contributed by atoms with Gasteiger partial charge in [0.25, 0.3) is 0 Å². The van der Waals surface area contributed by atoms with Crippen LogP contribution >= 0.6 is 15.9 Å². The van der Waals surface area contributed by atoms with Gasteiger partial charge in [-0.15, -0.1) is 0 Å². The second-order valence-corrected chi connectivity index (χ2v) is 6.67. The number of hydrogen-bond acceptors (Lipinski definition) is 2. The second kappa shape index (κ2) is 7.91. The summed E-state index contributed by atoms with van der Waals surface area (Å²) in [5.74, 6) is 0.732. The molecule has 3 heteroatoms. The third-order valence-corrected chi connectivity index (χ3v) is 4.00. The lowest BCUT2D eigenvalue weighted by Crippen LogP contribution is -2.25. The number of nitrogens with zero attached hydrogens (tertiary/aromatic N) is 1. The Balaban J connectivity index is 2.86. The van der Waals surface area contributed by atoms with Gasteiger partial charge in [0.05, 0.1) is 0 Å². The van der Waals surface area contributed by atoms with Crippen molar-refractivity contribution in [3.63, 3.8) is 0 Å². The largest absolute Gasteiger partial charge is 0.374 e. The molecule has 0 fully saturated rings. The van der Waals surface area contributed by atoms with Gasteiger partial charge in [0.2, 0.25) is 0 Å². The molecule has 2 nitrogen and oxygen atoms in total. The first-order valence-corrected chi connectivity index (χ1v) is 7.98. The molecule has 19 heavy (non-hydrogen) atoms. The highest BCUT2D eigenvalue weighted by Gasteiger charge is 2.11. The van der Waals surface area contributed by atoms with Crippen molar-refractivity contribution in [3.05, 3.63) is 28.2 Å². The van der Waals surface area contributed by atoms with Gasteiger partial charge in [-0.3, -0.25) is 0 Å². The molecule has 0 aliphatic rings. The van der Waals surface area contributed by atoms with Crippen LogP contribution < -0.4 is 10.6 Å². The highest BCUT2D eigenvalue weighted by atomic mass is 79.9. The molecule has 0 saturated carbocycles. The minimum absolute atomic E-state index is 0.249. The van der Waals surface area contributed by atoms with Crippen LogP contribution in [0.1, 0.15) is 39.2 Å². The van der Waals surface area contributed by atoms with Crippen molar-refractivity contribution in [2.75, 3.05) is 18.5 Å². The van der Waals surface area contributed by atoms with Crippen LogP contribution in [0.3, 0.4) is 0 Å². The molecule has 1 aromatic rings. The monoisotopic (exact) mass is 326 g/mol. The smallest absolute Gasteiger partial charge is 0.0408 e. The molecule has 1 rings (SSSR count). The average molecular weight is 327 g/mol. The summed E-state index contributed by atoms with van der Waals surface area (Å²) in [6.45, 7) is 7.76. The number of anilines is 1. The van der Waals surface area contributed by atoms with E-state index < -0.39 is 0 Å². The SMILES string of the molecule is CCC(N)Cc1ccc(Br)cc1N(C)CCC(C)C. The van der Waals surface area contributed by atoms with Crippen molar-refractivity contribution in [1.82, 2.24) is 0 Å². The van der Waals surface area contributed by atoms with E-state index >= 15 is 0 Å². The minimum atomic E-state index is 0.249. The first-order valence-electron chi connectivity index (χ1n) is 7.19. The molecular formula is C16H27BrN2. The van der Waals surface area contributed by atoms with Crippen molar-refractivity contribution in [3.8, 4) is 0 Å². The molecule has 0 radical (unpaired) electrons. The van der Waals surface area contributed by atoms with E-state index in [2.05, 4.69) is 66.8 Å². The maximum Gasteiger partial charge on any atom is 0.0408 e. The number of hydrogen-bond donors (Lipinski definition) is 1. The predicted octanol–water partition coefficient (Wildman–Crippen LogP) is 4.21. The summed E-state index contributed by atoms with van der Waals surface area (Å²) in [6.07, 6.45) is 3.18. The van der Waals surface area contributed by atoms with E-state index in [1.54, 1.807) is 0 Å². The van der Waals surface area contributed by atoms with E-state index in [-0.39, 0.29) is 6.04 Å². The molecular weight excluding hydrogens is 300 g/mol. The molecule has 0 saturated heterocycles. The summed E-state index contributed by atoms with van der Waals surface area (Å²) in [6, 6.07) is 6.76. The van der Waals surface area contributed by atoms with Crippen LogP contribution in [0.15, 0.2) is 22.7 Å². The Kier molecular flexibility index (Phi) is 6.87. The van der Waals surface area contributed by atoms with E-state index in [1.165, 1.54) is 17.7 Å². The number of benzene rings is 1. The third-order valence-electron chi connectivity index (χ3n) is 3.51. The van der Waals surface area contributed by atoms with E-state index in [4.69, 9.17) is 5.73 Å². The molecule has 1 atom stereocenters. The summed E-state index contributed by atoms with van der Waals surface area (Å²) in [4.78, 5) is 2.35. The summed E-state index contributed by atoms with van der Waals surface area (Å²) in [5.41, 5.74) is 8.76. The van der Waals surface area contributed by atoms with Crippen molar-refractivity contribution < 1.29 is 0 Å². The van der Waals surface area contributed by atoms with Gasteiger partial charge in [-0.2, -0.15) is 0 Å². The Hall–Kier alpha value is -0.540. The van der Waals surface area contributed by atoms with Crippen LogP contribution in [-0.2, 0) is 6.42 Å².